The van der Waals surface area contributed by atoms with Crippen LogP contribution in [0.5, 0.6) is 0 Å². The van der Waals surface area contributed by atoms with Crippen LogP contribution in [0.4, 0.5) is 34.1 Å². The molecule has 0 aliphatic carbocycles. The Morgan fingerprint density at radius 3 is 1.11 bits per heavy atom. The predicted octanol–water partition coefficient (Wildman–Crippen LogP) is 12.8. The van der Waals surface area contributed by atoms with Crippen LogP contribution >= 0.6 is 0 Å². The van der Waals surface area contributed by atoms with E-state index in [4.69, 9.17) is 0 Å². The summed E-state index contributed by atoms with van der Waals surface area (Å²) in [6.45, 7) is 2.14. The molecule has 47 heavy (non-hydrogen) atoms. The molecule has 0 bridgehead atoms. The van der Waals surface area contributed by atoms with Crippen molar-refractivity contribution in [1.29, 1.82) is 0 Å². The molecule has 0 fully saturated rings. The molecule has 7 aromatic carbocycles. The molecule has 0 N–H and O–H groups in total. The van der Waals surface area contributed by atoms with Crippen LogP contribution in [0.3, 0.4) is 0 Å². The Morgan fingerprint density at radius 2 is 0.660 bits per heavy atom. The summed E-state index contributed by atoms with van der Waals surface area (Å²) in [5, 5.41) is 0. The average Bonchev–Trinajstić information content (AvgIpc) is 3.14. The number of benzene rings is 7. The molecule has 0 radical (unpaired) electrons. The second-order valence-corrected chi connectivity index (χ2v) is 11.6. The molecule has 0 saturated heterocycles. The summed E-state index contributed by atoms with van der Waals surface area (Å²) in [5.41, 5.74) is 12.8. The highest BCUT2D eigenvalue weighted by Gasteiger charge is 2.13. The molecule has 0 amide bonds. The smallest absolute Gasteiger partial charge is 0.0464 e. The summed E-state index contributed by atoms with van der Waals surface area (Å²) < 4.78 is 0. The van der Waals surface area contributed by atoms with E-state index < -0.39 is 0 Å². The number of para-hydroxylation sites is 3. The van der Waals surface area contributed by atoms with Crippen molar-refractivity contribution in [2.24, 2.45) is 0 Å². The predicted molar refractivity (Wildman–Crippen MR) is 201 cm³/mol. The molecule has 0 heterocycles. The number of nitrogens with zero attached hydrogens (tertiary/aromatic N) is 2. The fraction of sp³-hybridized carbons (Fsp3) is 0.0222. The van der Waals surface area contributed by atoms with Gasteiger partial charge < -0.3 is 9.80 Å². The van der Waals surface area contributed by atoms with Crippen molar-refractivity contribution < 1.29 is 0 Å². The van der Waals surface area contributed by atoms with Gasteiger partial charge in [0.15, 0.2) is 0 Å². The van der Waals surface area contributed by atoms with E-state index in [2.05, 4.69) is 217 Å². The summed E-state index contributed by atoms with van der Waals surface area (Å²) in [5.74, 6) is 0. The lowest BCUT2D eigenvalue weighted by atomic mass is 10.0. The zero-order valence-corrected chi connectivity index (χ0v) is 26.4. The van der Waals surface area contributed by atoms with E-state index in [1.54, 1.807) is 0 Å². The fourth-order valence-electron chi connectivity index (χ4n) is 5.91. The third-order valence-electron chi connectivity index (χ3n) is 8.29. The standard InChI is InChI=1S/C45H36N2/c1-35-12-11-19-45(34-35)47(42-17-9-4-10-18-42)44-32-28-39(29-33-44)38-26-22-36(23-27-38)20-21-37-24-30-43(31-25-37)46(40-13-5-2-6-14-40)41-15-7-3-8-16-41/h2-34H,1H3/b21-20+. The number of hydrogen-bond donors (Lipinski definition) is 0. The Hall–Kier alpha value is -6.12. The molecule has 226 valence electrons. The average molecular weight is 605 g/mol. The third kappa shape index (κ3) is 6.93. The van der Waals surface area contributed by atoms with Gasteiger partial charge in [-0.05, 0) is 108 Å². The molecule has 0 aromatic heterocycles. The number of rotatable bonds is 9. The fourth-order valence-corrected chi connectivity index (χ4v) is 5.91. The second kappa shape index (κ2) is 13.9. The van der Waals surface area contributed by atoms with Crippen molar-refractivity contribution in [3.05, 3.63) is 205 Å². The maximum Gasteiger partial charge on any atom is 0.0464 e. The summed E-state index contributed by atoms with van der Waals surface area (Å²) in [6.07, 6.45) is 4.35. The van der Waals surface area contributed by atoms with E-state index in [-0.39, 0.29) is 0 Å². The largest absolute Gasteiger partial charge is 0.311 e. The molecule has 0 aliphatic rings. The van der Waals surface area contributed by atoms with Crippen LogP contribution in [-0.2, 0) is 0 Å². The molecule has 0 aliphatic heterocycles. The molecule has 7 rings (SSSR count). The zero-order valence-electron chi connectivity index (χ0n) is 26.4. The molecular formula is C45H36N2. The van der Waals surface area contributed by atoms with Gasteiger partial charge in [-0.3, -0.25) is 0 Å². The number of aryl methyl sites for hydroxylation is 1. The topological polar surface area (TPSA) is 6.48 Å². The summed E-state index contributed by atoms with van der Waals surface area (Å²) in [4.78, 5) is 4.58. The van der Waals surface area contributed by atoms with Gasteiger partial charge >= 0.3 is 0 Å². The van der Waals surface area contributed by atoms with E-state index in [1.165, 1.54) is 22.3 Å². The highest BCUT2D eigenvalue weighted by Crippen LogP contribution is 2.36. The lowest BCUT2D eigenvalue weighted by Gasteiger charge is -2.26. The molecular weight excluding hydrogens is 569 g/mol. The van der Waals surface area contributed by atoms with Gasteiger partial charge in [-0.2, -0.15) is 0 Å². The Bertz CT molecular complexity index is 2010. The highest BCUT2D eigenvalue weighted by molar-refractivity contribution is 5.80. The third-order valence-corrected chi connectivity index (χ3v) is 8.29. The summed E-state index contributed by atoms with van der Waals surface area (Å²) in [6, 6.07) is 66.5. The molecule has 0 saturated carbocycles. The maximum atomic E-state index is 2.30. The van der Waals surface area contributed by atoms with Crippen molar-refractivity contribution in [3.8, 4) is 11.1 Å². The Morgan fingerprint density at radius 1 is 0.319 bits per heavy atom. The minimum Gasteiger partial charge on any atom is -0.311 e. The van der Waals surface area contributed by atoms with Gasteiger partial charge in [0.1, 0.15) is 0 Å². The van der Waals surface area contributed by atoms with Gasteiger partial charge in [-0.15, -0.1) is 0 Å². The van der Waals surface area contributed by atoms with Crippen LogP contribution in [0.2, 0.25) is 0 Å². The van der Waals surface area contributed by atoms with Crippen LogP contribution < -0.4 is 9.80 Å². The lowest BCUT2D eigenvalue weighted by Crippen LogP contribution is -2.09. The number of anilines is 6. The van der Waals surface area contributed by atoms with Crippen molar-refractivity contribution in [3.63, 3.8) is 0 Å². The minimum atomic E-state index is 1.13. The van der Waals surface area contributed by atoms with E-state index in [0.717, 1.165) is 39.7 Å². The Labute approximate surface area is 278 Å². The van der Waals surface area contributed by atoms with Gasteiger partial charge in [-0.1, -0.05) is 127 Å². The lowest BCUT2D eigenvalue weighted by molar-refractivity contribution is 1.27. The van der Waals surface area contributed by atoms with Gasteiger partial charge in [0, 0.05) is 34.1 Å². The van der Waals surface area contributed by atoms with Crippen molar-refractivity contribution >= 4 is 46.3 Å². The first-order valence-corrected chi connectivity index (χ1v) is 16.0. The van der Waals surface area contributed by atoms with E-state index in [0.29, 0.717) is 0 Å². The first kappa shape index (κ1) is 29.6. The quantitative estimate of drug-likeness (QED) is 0.151. The minimum absolute atomic E-state index is 1.13. The molecule has 0 unspecified atom stereocenters. The summed E-state index contributed by atoms with van der Waals surface area (Å²) >= 11 is 0. The van der Waals surface area contributed by atoms with Crippen LogP contribution in [0.25, 0.3) is 23.3 Å². The SMILES string of the molecule is Cc1cccc(N(c2ccccc2)c2ccc(-c3ccc(/C=C/c4ccc(N(c5ccccc5)c5ccccc5)cc4)cc3)cc2)c1. The molecule has 0 spiro atoms. The van der Waals surface area contributed by atoms with E-state index in [1.807, 2.05) is 0 Å². The normalized spacial score (nSPS) is 11.0. The Balaban J connectivity index is 1.07. The van der Waals surface area contributed by atoms with Crippen molar-refractivity contribution in [2.75, 3.05) is 9.80 Å². The Kier molecular flexibility index (Phi) is 8.74. The molecule has 7 aromatic rings. The molecule has 2 heteroatoms. The van der Waals surface area contributed by atoms with Gasteiger partial charge in [-0.25, -0.2) is 0 Å². The van der Waals surface area contributed by atoms with Crippen LogP contribution in [0.15, 0.2) is 188 Å². The number of hydrogen-bond acceptors (Lipinski definition) is 2. The van der Waals surface area contributed by atoms with Crippen LogP contribution in [0, 0.1) is 6.92 Å². The first-order chi connectivity index (χ1) is 23.2. The van der Waals surface area contributed by atoms with E-state index >= 15 is 0 Å². The monoisotopic (exact) mass is 604 g/mol. The van der Waals surface area contributed by atoms with Gasteiger partial charge in [0.05, 0.1) is 0 Å². The van der Waals surface area contributed by atoms with Gasteiger partial charge in [0.2, 0.25) is 0 Å². The maximum absolute atomic E-state index is 2.30. The van der Waals surface area contributed by atoms with Gasteiger partial charge in [0.25, 0.3) is 0 Å². The van der Waals surface area contributed by atoms with Crippen LogP contribution in [0.1, 0.15) is 16.7 Å². The molecule has 0 atom stereocenters. The highest BCUT2D eigenvalue weighted by atomic mass is 15.1. The first-order valence-electron chi connectivity index (χ1n) is 16.0. The second-order valence-electron chi connectivity index (χ2n) is 11.6. The zero-order chi connectivity index (χ0) is 31.8. The summed E-state index contributed by atoms with van der Waals surface area (Å²) in [7, 11) is 0. The van der Waals surface area contributed by atoms with Crippen molar-refractivity contribution in [1.82, 2.24) is 0 Å². The van der Waals surface area contributed by atoms with Crippen molar-refractivity contribution in [2.45, 2.75) is 6.92 Å². The molecule has 2 nitrogen and oxygen atoms in total. The van der Waals surface area contributed by atoms with E-state index in [9.17, 15) is 0 Å². The van der Waals surface area contributed by atoms with Crippen LogP contribution in [-0.4, -0.2) is 0 Å².